The van der Waals surface area contributed by atoms with Gasteiger partial charge < -0.3 is 25.2 Å². The fourth-order valence-corrected chi connectivity index (χ4v) is 7.02. The molecule has 0 rings (SSSR count). The minimum atomic E-state index is -4.39. The molecule has 0 radical (unpaired) electrons. The first kappa shape index (κ1) is 54.2. The molecule has 0 fully saturated rings. The average molecular weight is 814 g/mol. The molecule has 0 saturated carbocycles. The molecule has 2 unspecified atom stereocenters. The van der Waals surface area contributed by atoms with Crippen molar-refractivity contribution in [3.63, 3.8) is 0 Å². The lowest BCUT2D eigenvalue weighted by molar-refractivity contribution is -0.161. The van der Waals surface area contributed by atoms with Crippen molar-refractivity contribution < 1.29 is 42.7 Å². The summed E-state index contributed by atoms with van der Waals surface area (Å²) in [6, 6.07) is 0. The van der Waals surface area contributed by atoms with E-state index in [9.17, 15) is 24.2 Å². The fourth-order valence-electron chi connectivity index (χ4n) is 6.26. The highest BCUT2D eigenvalue weighted by Gasteiger charge is 2.26. The SMILES string of the molecule is CC/C=C/CC(O)/C=C/C=C/CCCCCCCC(=O)O[C@H](COC(=O)CCCCCCCCCCCCCCCCCCCCC)COP(=O)(O)OCCN. The molecule has 0 bridgehead atoms. The minimum absolute atomic E-state index is 0.0416. The van der Waals surface area contributed by atoms with Crippen molar-refractivity contribution in [3.05, 3.63) is 36.5 Å². The highest BCUT2D eigenvalue weighted by atomic mass is 31.2. The van der Waals surface area contributed by atoms with Crippen LogP contribution in [-0.4, -0.2) is 60.5 Å². The average Bonchev–Trinajstić information content (AvgIpc) is 3.18. The zero-order chi connectivity index (χ0) is 41.2. The second kappa shape index (κ2) is 41.4. The van der Waals surface area contributed by atoms with E-state index in [1.165, 1.54) is 103 Å². The normalized spacial score (nSPS) is 14.2. The van der Waals surface area contributed by atoms with Gasteiger partial charge in [-0.2, -0.15) is 0 Å². The van der Waals surface area contributed by atoms with Crippen molar-refractivity contribution >= 4 is 19.8 Å². The molecule has 3 atom stereocenters. The first-order chi connectivity index (χ1) is 27.2. The molecule has 0 saturated heterocycles. The molecule has 0 aromatic heterocycles. The van der Waals surface area contributed by atoms with Crippen LogP contribution >= 0.6 is 7.82 Å². The number of phosphoric ester groups is 1. The van der Waals surface area contributed by atoms with Gasteiger partial charge in [0.05, 0.1) is 19.3 Å². The minimum Gasteiger partial charge on any atom is -0.462 e. The third kappa shape index (κ3) is 40.4. The van der Waals surface area contributed by atoms with Crippen LogP contribution in [0.1, 0.15) is 200 Å². The molecule has 11 heteroatoms. The molecule has 0 aromatic carbocycles. The number of hydrogen-bond donors (Lipinski definition) is 3. The number of hydrogen-bond acceptors (Lipinski definition) is 9. The Labute approximate surface area is 342 Å². The van der Waals surface area contributed by atoms with Crippen molar-refractivity contribution in [1.29, 1.82) is 0 Å². The second-order valence-electron chi connectivity index (χ2n) is 15.1. The Kier molecular flexibility index (Phi) is 40.0. The van der Waals surface area contributed by atoms with E-state index in [1.807, 2.05) is 24.3 Å². The number of aliphatic hydroxyl groups is 1. The summed E-state index contributed by atoms with van der Waals surface area (Å²) in [6.07, 6.45) is 42.2. The molecule has 0 aliphatic carbocycles. The number of carbonyl (C=O) groups is 2. The summed E-state index contributed by atoms with van der Waals surface area (Å²) in [6.45, 7) is 3.50. The molecule has 4 N–H and O–H groups in total. The van der Waals surface area contributed by atoms with Crippen molar-refractivity contribution in [3.8, 4) is 0 Å². The van der Waals surface area contributed by atoms with Gasteiger partial charge in [0.25, 0.3) is 0 Å². The van der Waals surface area contributed by atoms with Gasteiger partial charge in [0.1, 0.15) is 6.61 Å². The lowest BCUT2D eigenvalue weighted by Gasteiger charge is -2.19. The molecule has 328 valence electrons. The zero-order valence-corrected chi connectivity index (χ0v) is 36.6. The van der Waals surface area contributed by atoms with E-state index < -0.39 is 38.6 Å². The van der Waals surface area contributed by atoms with E-state index in [1.54, 1.807) is 6.08 Å². The van der Waals surface area contributed by atoms with E-state index in [4.69, 9.17) is 24.3 Å². The fraction of sp³-hybridized carbons (Fsp3) is 0.822. The molecule has 0 amide bonds. The van der Waals surface area contributed by atoms with Gasteiger partial charge in [0.15, 0.2) is 6.10 Å². The van der Waals surface area contributed by atoms with E-state index in [2.05, 4.69) is 19.9 Å². The number of unbranched alkanes of at least 4 members (excludes halogenated alkanes) is 23. The topological polar surface area (TPSA) is 155 Å². The van der Waals surface area contributed by atoms with Gasteiger partial charge in [0, 0.05) is 19.4 Å². The number of rotatable bonds is 42. The van der Waals surface area contributed by atoms with Crippen LogP contribution < -0.4 is 5.73 Å². The summed E-state index contributed by atoms with van der Waals surface area (Å²) in [5.74, 6) is -0.876. The molecule has 0 aromatic rings. The predicted molar refractivity (Wildman–Crippen MR) is 230 cm³/mol. The molecule has 0 spiro atoms. The maximum absolute atomic E-state index is 12.6. The largest absolute Gasteiger partial charge is 0.472 e. The van der Waals surface area contributed by atoms with Crippen LogP contribution in [0.15, 0.2) is 36.5 Å². The van der Waals surface area contributed by atoms with Gasteiger partial charge in [-0.25, -0.2) is 4.57 Å². The smallest absolute Gasteiger partial charge is 0.462 e. The van der Waals surface area contributed by atoms with Crippen molar-refractivity contribution in [2.75, 3.05) is 26.4 Å². The van der Waals surface area contributed by atoms with Crippen LogP contribution in [0.3, 0.4) is 0 Å². The second-order valence-corrected chi connectivity index (χ2v) is 16.6. The number of allylic oxidation sites excluding steroid dienone is 4. The monoisotopic (exact) mass is 814 g/mol. The molecule has 56 heavy (non-hydrogen) atoms. The summed E-state index contributed by atoms with van der Waals surface area (Å²) in [7, 11) is -4.39. The Morgan fingerprint density at radius 2 is 1.12 bits per heavy atom. The van der Waals surface area contributed by atoms with E-state index in [0.717, 1.165) is 57.8 Å². The molecular formula is C45H84NO9P. The standard InChI is InChI=1S/C45H84NO9P/c1-3-5-7-8-9-10-11-12-13-14-15-16-17-18-19-22-25-28-32-36-44(48)52-40-43(41-54-56(50,51)53-39-38-46)55-45(49)37-33-29-26-23-20-21-24-27-31-35-42(47)34-30-6-4-2/h6,24,27,30-31,35,42-43,47H,3-5,7-23,25-26,28-29,32-34,36-41,46H2,1-2H3,(H,50,51)/b27-24+,30-6+,35-31+/t42?,43-/m1/s1. The summed E-state index contributed by atoms with van der Waals surface area (Å²) in [5.41, 5.74) is 5.34. The number of nitrogens with two attached hydrogens (primary N) is 1. The van der Waals surface area contributed by atoms with Crippen molar-refractivity contribution in [2.45, 2.75) is 212 Å². The lowest BCUT2D eigenvalue weighted by atomic mass is 10.0. The highest BCUT2D eigenvalue weighted by Crippen LogP contribution is 2.43. The molecule has 0 heterocycles. The summed E-state index contributed by atoms with van der Waals surface area (Å²) >= 11 is 0. The third-order valence-corrected chi connectivity index (χ3v) is 10.6. The molecule has 0 aliphatic heterocycles. The van der Waals surface area contributed by atoms with Gasteiger partial charge in [-0.1, -0.05) is 185 Å². The van der Waals surface area contributed by atoms with Crippen LogP contribution in [0, 0.1) is 0 Å². The summed E-state index contributed by atoms with van der Waals surface area (Å²) in [4.78, 5) is 34.9. The maximum atomic E-state index is 12.6. The van der Waals surface area contributed by atoms with Crippen molar-refractivity contribution in [1.82, 2.24) is 0 Å². The van der Waals surface area contributed by atoms with Gasteiger partial charge >= 0.3 is 19.8 Å². The Morgan fingerprint density at radius 1 is 0.625 bits per heavy atom. The lowest BCUT2D eigenvalue weighted by Crippen LogP contribution is -2.29. The molecular weight excluding hydrogens is 729 g/mol. The van der Waals surface area contributed by atoms with Crippen LogP contribution in [0.5, 0.6) is 0 Å². The predicted octanol–water partition coefficient (Wildman–Crippen LogP) is 11.9. The van der Waals surface area contributed by atoms with Crippen LogP contribution in [0.4, 0.5) is 0 Å². The molecule has 10 nitrogen and oxygen atoms in total. The van der Waals surface area contributed by atoms with Crippen molar-refractivity contribution in [2.24, 2.45) is 5.73 Å². The van der Waals surface area contributed by atoms with Crippen LogP contribution in [0.2, 0.25) is 0 Å². The van der Waals surface area contributed by atoms with E-state index in [-0.39, 0.29) is 32.6 Å². The third-order valence-electron chi connectivity index (χ3n) is 9.62. The van der Waals surface area contributed by atoms with Crippen LogP contribution in [0.25, 0.3) is 0 Å². The Bertz CT molecular complexity index is 1040. The maximum Gasteiger partial charge on any atom is 0.472 e. The zero-order valence-electron chi connectivity index (χ0n) is 35.7. The highest BCUT2D eigenvalue weighted by molar-refractivity contribution is 7.47. The number of aliphatic hydroxyl groups excluding tert-OH is 1. The molecule has 0 aliphatic rings. The summed E-state index contributed by atoms with van der Waals surface area (Å²) in [5, 5.41) is 9.87. The first-order valence-corrected chi connectivity index (χ1v) is 24.1. The van der Waals surface area contributed by atoms with Gasteiger partial charge in [-0.05, 0) is 38.5 Å². The van der Waals surface area contributed by atoms with E-state index in [0.29, 0.717) is 12.8 Å². The Morgan fingerprint density at radius 3 is 1.64 bits per heavy atom. The number of phosphoric acid groups is 1. The quantitative estimate of drug-likeness (QED) is 0.0178. The Hall–Kier alpha value is -1.81. The first-order valence-electron chi connectivity index (χ1n) is 22.6. The van der Waals surface area contributed by atoms with Gasteiger partial charge in [0.2, 0.25) is 0 Å². The number of esters is 2. The Balaban J connectivity index is 4.15. The summed E-state index contributed by atoms with van der Waals surface area (Å²) < 4.78 is 32.8. The van der Waals surface area contributed by atoms with Crippen LogP contribution in [-0.2, 0) is 32.7 Å². The van der Waals surface area contributed by atoms with Gasteiger partial charge in [-0.3, -0.25) is 18.6 Å². The number of carbonyl (C=O) groups excluding carboxylic acids is 2. The number of ether oxygens (including phenoxy) is 2. The van der Waals surface area contributed by atoms with E-state index >= 15 is 0 Å². The van der Waals surface area contributed by atoms with Gasteiger partial charge in [-0.15, -0.1) is 0 Å².